The summed E-state index contributed by atoms with van der Waals surface area (Å²) in [5.41, 5.74) is 5.74. The Bertz CT molecular complexity index is 1280. The number of allylic oxidation sites excluding steroid dienone is 3. The molecule has 4 aliphatic carbocycles. The van der Waals surface area contributed by atoms with E-state index in [2.05, 4.69) is 62.5 Å². The molecule has 4 aliphatic rings. The first-order valence-electron chi connectivity index (χ1n) is 12.9. The smallest absolute Gasteiger partial charge is 0.329 e. The third kappa shape index (κ3) is 3.06. The third-order valence-corrected chi connectivity index (χ3v) is 10.7. The molecule has 182 valence electrons. The first-order valence-corrected chi connectivity index (χ1v) is 13.3. The van der Waals surface area contributed by atoms with Gasteiger partial charge in [0.1, 0.15) is 5.54 Å². The standard InChI is InChI=1S/C31H34ClNO2/c1-28(2)21-11-12-29(28,3)25(18-21)26-17-20-7-4-5-10-24(20)30(26)13-15-31(16-14-30,27(34)35)33-23-9-6-8-22(32)19-23/h4-10,17-19,21,33H,11-16H2,1-3H3,(H,34,35)/t21-,29+,30?,31?/m1/s1. The van der Waals surface area contributed by atoms with E-state index in [1.165, 1.54) is 35.1 Å². The van der Waals surface area contributed by atoms with Gasteiger partial charge in [-0.3, -0.25) is 0 Å². The second-order valence-electron chi connectivity index (χ2n) is 12.0. The number of carboxylic acid groups (broad SMARTS) is 1. The molecular formula is C31H34ClNO2. The topological polar surface area (TPSA) is 49.3 Å². The summed E-state index contributed by atoms with van der Waals surface area (Å²) in [6, 6.07) is 16.2. The summed E-state index contributed by atoms with van der Waals surface area (Å²) in [7, 11) is 0. The number of halogens is 1. The molecule has 2 atom stereocenters. The fraction of sp³-hybridized carbons (Fsp3) is 0.452. The van der Waals surface area contributed by atoms with Crippen LogP contribution in [-0.2, 0) is 10.2 Å². The molecule has 35 heavy (non-hydrogen) atoms. The molecule has 6 rings (SSSR count). The van der Waals surface area contributed by atoms with Crippen molar-refractivity contribution >= 4 is 29.3 Å². The van der Waals surface area contributed by atoms with Gasteiger partial charge in [-0.05, 0) is 95.7 Å². The van der Waals surface area contributed by atoms with Gasteiger partial charge in [-0.15, -0.1) is 0 Å². The number of carboxylic acids is 1. The van der Waals surface area contributed by atoms with Crippen molar-refractivity contribution in [3.8, 4) is 0 Å². The number of rotatable bonds is 4. The van der Waals surface area contributed by atoms with Crippen molar-refractivity contribution in [2.75, 3.05) is 5.32 Å². The van der Waals surface area contributed by atoms with E-state index in [4.69, 9.17) is 11.6 Å². The molecule has 0 unspecified atom stereocenters. The number of hydrogen-bond donors (Lipinski definition) is 2. The fourth-order valence-corrected chi connectivity index (χ4v) is 7.98. The van der Waals surface area contributed by atoms with Crippen LogP contribution < -0.4 is 5.32 Å². The van der Waals surface area contributed by atoms with Gasteiger partial charge in [0.2, 0.25) is 0 Å². The largest absolute Gasteiger partial charge is 0.480 e. The number of carbonyl (C=O) groups is 1. The van der Waals surface area contributed by atoms with E-state index in [1.807, 2.05) is 24.3 Å². The van der Waals surface area contributed by atoms with Gasteiger partial charge >= 0.3 is 5.97 Å². The van der Waals surface area contributed by atoms with Crippen molar-refractivity contribution in [2.45, 2.75) is 70.3 Å². The van der Waals surface area contributed by atoms with Crippen molar-refractivity contribution in [3.63, 3.8) is 0 Å². The summed E-state index contributed by atoms with van der Waals surface area (Å²) < 4.78 is 0. The Morgan fingerprint density at radius 3 is 2.34 bits per heavy atom. The molecule has 1 spiro atoms. The summed E-state index contributed by atoms with van der Waals surface area (Å²) >= 11 is 6.20. The van der Waals surface area contributed by atoms with Crippen LogP contribution >= 0.6 is 11.6 Å². The van der Waals surface area contributed by atoms with E-state index in [1.54, 1.807) is 0 Å². The highest BCUT2D eigenvalue weighted by Gasteiger charge is 2.61. The first-order chi connectivity index (χ1) is 16.6. The summed E-state index contributed by atoms with van der Waals surface area (Å²) in [5, 5.41) is 14.4. The molecule has 2 fully saturated rings. The fourth-order valence-electron chi connectivity index (χ4n) is 7.79. The van der Waals surface area contributed by atoms with Gasteiger partial charge in [-0.1, -0.05) is 74.9 Å². The monoisotopic (exact) mass is 487 g/mol. The number of anilines is 1. The Hall–Kier alpha value is -2.52. The summed E-state index contributed by atoms with van der Waals surface area (Å²) in [4.78, 5) is 12.7. The maximum absolute atomic E-state index is 12.7. The average Bonchev–Trinajstić information content (AvgIpc) is 3.33. The van der Waals surface area contributed by atoms with Crippen LogP contribution in [0.15, 0.2) is 65.8 Å². The number of hydrogen-bond acceptors (Lipinski definition) is 2. The van der Waals surface area contributed by atoms with E-state index in [9.17, 15) is 9.90 Å². The predicted molar refractivity (Wildman–Crippen MR) is 143 cm³/mol. The molecule has 0 saturated heterocycles. The minimum atomic E-state index is -0.995. The normalized spacial score (nSPS) is 29.0. The lowest BCUT2D eigenvalue weighted by Crippen LogP contribution is -2.52. The van der Waals surface area contributed by atoms with Crippen LogP contribution in [0.1, 0.15) is 70.4 Å². The molecule has 0 aromatic heterocycles. The van der Waals surface area contributed by atoms with Crippen LogP contribution in [0.2, 0.25) is 5.02 Å². The Labute approximate surface area is 213 Å². The van der Waals surface area contributed by atoms with Crippen LogP contribution in [0, 0.1) is 16.7 Å². The SMILES string of the molecule is CC1(C)[C@H]2C=C(C3=Cc4ccccc4C34CCC(Nc3cccc(Cl)c3)(C(=O)O)CC4)[C@]1(C)CC2. The Kier molecular flexibility index (Phi) is 4.90. The number of fused-ring (bicyclic) bond motifs is 4. The molecule has 0 radical (unpaired) electrons. The molecule has 0 heterocycles. The number of benzene rings is 2. The molecule has 4 heteroatoms. The number of aliphatic carboxylic acids is 1. The molecule has 2 aromatic rings. The van der Waals surface area contributed by atoms with Gasteiger partial charge < -0.3 is 10.4 Å². The van der Waals surface area contributed by atoms with Gasteiger partial charge in [-0.25, -0.2) is 4.79 Å². The van der Waals surface area contributed by atoms with Gasteiger partial charge in [0.25, 0.3) is 0 Å². The highest BCUT2D eigenvalue weighted by molar-refractivity contribution is 6.30. The maximum atomic E-state index is 12.7. The van der Waals surface area contributed by atoms with E-state index < -0.39 is 11.5 Å². The molecule has 2 N–H and O–H groups in total. The Morgan fingerprint density at radius 1 is 0.971 bits per heavy atom. The lowest BCUT2D eigenvalue weighted by molar-refractivity contribution is -0.143. The maximum Gasteiger partial charge on any atom is 0.329 e. The molecule has 0 aliphatic heterocycles. The van der Waals surface area contributed by atoms with E-state index in [0.717, 1.165) is 18.5 Å². The minimum Gasteiger partial charge on any atom is -0.480 e. The highest BCUT2D eigenvalue weighted by atomic mass is 35.5. The molecule has 2 aromatic carbocycles. The van der Waals surface area contributed by atoms with Crippen molar-refractivity contribution in [1.82, 2.24) is 0 Å². The quantitative estimate of drug-likeness (QED) is 0.461. The van der Waals surface area contributed by atoms with Gasteiger partial charge in [0.05, 0.1) is 0 Å². The summed E-state index contributed by atoms with van der Waals surface area (Å²) in [5.74, 6) is -0.160. The molecule has 0 amide bonds. The Morgan fingerprint density at radius 2 is 1.71 bits per heavy atom. The lowest BCUT2D eigenvalue weighted by atomic mass is 9.57. The second kappa shape index (κ2) is 7.49. The zero-order valence-electron chi connectivity index (χ0n) is 20.8. The van der Waals surface area contributed by atoms with Gasteiger partial charge in [0.15, 0.2) is 0 Å². The van der Waals surface area contributed by atoms with Crippen LogP contribution in [-0.4, -0.2) is 16.6 Å². The minimum absolute atomic E-state index is 0.124. The van der Waals surface area contributed by atoms with Crippen LogP contribution in [0.3, 0.4) is 0 Å². The zero-order chi connectivity index (χ0) is 24.6. The van der Waals surface area contributed by atoms with Crippen molar-refractivity contribution in [2.24, 2.45) is 16.7 Å². The molecule has 3 nitrogen and oxygen atoms in total. The predicted octanol–water partition coefficient (Wildman–Crippen LogP) is 7.87. The van der Waals surface area contributed by atoms with Crippen molar-refractivity contribution in [1.29, 1.82) is 0 Å². The third-order valence-electron chi connectivity index (χ3n) is 10.4. The van der Waals surface area contributed by atoms with E-state index in [-0.39, 0.29) is 16.2 Å². The highest BCUT2D eigenvalue weighted by Crippen LogP contribution is 2.69. The average molecular weight is 488 g/mol. The van der Waals surface area contributed by atoms with Crippen molar-refractivity contribution < 1.29 is 9.90 Å². The number of nitrogens with one attached hydrogen (secondary N) is 1. The van der Waals surface area contributed by atoms with Gasteiger partial charge in [-0.2, -0.15) is 0 Å². The lowest BCUT2D eigenvalue weighted by Gasteiger charge is -2.48. The van der Waals surface area contributed by atoms with Crippen LogP contribution in [0.5, 0.6) is 0 Å². The zero-order valence-corrected chi connectivity index (χ0v) is 21.6. The molecule has 2 saturated carbocycles. The summed E-state index contributed by atoms with van der Waals surface area (Å²) in [6.07, 6.45) is 10.3. The first kappa shape index (κ1) is 22.9. The van der Waals surface area contributed by atoms with Crippen LogP contribution in [0.25, 0.3) is 6.08 Å². The van der Waals surface area contributed by atoms with E-state index in [0.29, 0.717) is 23.8 Å². The van der Waals surface area contributed by atoms with Crippen LogP contribution in [0.4, 0.5) is 5.69 Å². The summed E-state index contributed by atoms with van der Waals surface area (Å²) in [6.45, 7) is 7.35. The van der Waals surface area contributed by atoms with Gasteiger partial charge in [0, 0.05) is 16.1 Å². The molecule has 2 bridgehead atoms. The van der Waals surface area contributed by atoms with E-state index >= 15 is 0 Å². The Balaban J connectivity index is 1.39. The second-order valence-corrected chi connectivity index (χ2v) is 12.5. The van der Waals surface area contributed by atoms with Crippen molar-refractivity contribution in [3.05, 3.63) is 81.9 Å². The molecular weight excluding hydrogens is 454 g/mol.